The first kappa shape index (κ1) is 22.1. The number of pyridine rings is 1. The smallest absolute Gasteiger partial charge is 0.191 e. The van der Waals surface area contributed by atoms with Gasteiger partial charge in [0.1, 0.15) is 0 Å². The summed E-state index contributed by atoms with van der Waals surface area (Å²) in [5.41, 5.74) is 2.29. The lowest BCUT2D eigenvalue weighted by molar-refractivity contribution is 0.770. The third kappa shape index (κ3) is 7.83. The fourth-order valence-electron chi connectivity index (χ4n) is 2.31. The Balaban J connectivity index is 0.00000312. The standard InChI is InChI=1S/C18H23ClN4S.HI/c1-20-18(22-11-9-16-8-3-4-10-21-16)23-13-17(24-2)14-6-5-7-15(19)12-14;/h3-8,10,12,17H,9,11,13H2,1-2H3,(H2,20,22,23);1H. The van der Waals surface area contributed by atoms with Crippen LogP contribution in [0.3, 0.4) is 0 Å². The quantitative estimate of drug-likeness (QED) is 0.348. The molecule has 1 aromatic carbocycles. The van der Waals surface area contributed by atoms with Crippen molar-refractivity contribution in [1.82, 2.24) is 15.6 Å². The molecule has 136 valence electrons. The number of halogens is 2. The van der Waals surface area contributed by atoms with E-state index in [0.717, 1.165) is 36.2 Å². The molecule has 7 heteroatoms. The largest absolute Gasteiger partial charge is 0.356 e. The number of aromatic nitrogens is 1. The van der Waals surface area contributed by atoms with E-state index in [0.29, 0.717) is 5.25 Å². The van der Waals surface area contributed by atoms with Crippen molar-refractivity contribution in [2.45, 2.75) is 11.7 Å². The maximum atomic E-state index is 6.09. The molecule has 0 spiro atoms. The van der Waals surface area contributed by atoms with Gasteiger partial charge < -0.3 is 10.6 Å². The molecule has 2 aromatic rings. The molecule has 0 aliphatic rings. The summed E-state index contributed by atoms with van der Waals surface area (Å²) in [4.78, 5) is 8.60. The summed E-state index contributed by atoms with van der Waals surface area (Å²) in [5.74, 6) is 0.798. The van der Waals surface area contributed by atoms with Gasteiger partial charge >= 0.3 is 0 Å². The molecule has 0 aliphatic heterocycles. The van der Waals surface area contributed by atoms with Gasteiger partial charge in [-0.2, -0.15) is 11.8 Å². The Morgan fingerprint density at radius 2 is 2.08 bits per heavy atom. The number of hydrogen-bond acceptors (Lipinski definition) is 3. The number of hydrogen-bond donors (Lipinski definition) is 2. The van der Waals surface area contributed by atoms with Gasteiger partial charge in [-0.3, -0.25) is 9.98 Å². The zero-order valence-corrected chi connectivity index (χ0v) is 18.3. The number of aliphatic imine (C=N–C) groups is 1. The molecule has 0 radical (unpaired) electrons. The molecule has 1 unspecified atom stereocenters. The summed E-state index contributed by atoms with van der Waals surface area (Å²) in [7, 11) is 1.78. The fraction of sp³-hybridized carbons (Fsp3) is 0.333. The number of nitrogens with one attached hydrogen (secondary N) is 2. The molecule has 1 aromatic heterocycles. The van der Waals surface area contributed by atoms with Gasteiger partial charge in [-0.15, -0.1) is 24.0 Å². The van der Waals surface area contributed by atoms with Crippen LogP contribution in [0, 0.1) is 0 Å². The Hall–Kier alpha value is -0.990. The number of thioether (sulfide) groups is 1. The van der Waals surface area contributed by atoms with Crippen LogP contribution in [0.5, 0.6) is 0 Å². The summed E-state index contributed by atoms with van der Waals surface area (Å²) in [6.45, 7) is 1.57. The highest BCUT2D eigenvalue weighted by Gasteiger charge is 2.11. The van der Waals surface area contributed by atoms with Crippen molar-refractivity contribution in [2.75, 3.05) is 26.4 Å². The number of rotatable bonds is 7. The van der Waals surface area contributed by atoms with Crippen LogP contribution in [-0.4, -0.2) is 37.3 Å². The van der Waals surface area contributed by atoms with E-state index >= 15 is 0 Å². The SMILES string of the molecule is CN=C(NCCc1ccccn1)NCC(SC)c1cccc(Cl)c1.I. The lowest BCUT2D eigenvalue weighted by Crippen LogP contribution is -2.39. The van der Waals surface area contributed by atoms with Crippen LogP contribution in [0.25, 0.3) is 0 Å². The predicted molar refractivity (Wildman–Crippen MR) is 120 cm³/mol. The Morgan fingerprint density at radius 3 is 2.72 bits per heavy atom. The summed E-state index contributed by atoms with van der Waals surface area (Å²) < 4.78 is 0. The highest BCUT2D eigenvalue weighted by molar-refractivity contribution is 14.0. The molecular weight excluding hydrogens is 467 g/mol. The van der Waals surface area contributed by atoms with Crippen LogP contribution in [0.15, 0.2) is 53.7 Å². The Bertz CT molecular complexity index is 655. The summed E-state index contributed by atoms with van der Waals surface area (Å²) in [6, 6.07) is 14.0. The van der Waals surface area contributed by atoms with Gasteiger partial charge in [0.25, 0.3) is 0 Å². The van der Waals surface area contributed by atoms with Crippen LogP contribution in [0.4, 0.5) is 0 Å². The van der Waals surface area contributed by atoms with Crippen molar-refractivity contribution in [3.8, 4) is 0 Å². The second-order valence-corrected chi connectivity index (χ2v) is 6.71. The Morgan fingerprint density at radius 1 is 1.24 bits per heavy atom. The molecule has 0 aliphatic carbocycles. The van der Waals surface area contributed by atoms with E-state index < -0.39 is 0 Å². The summed E-state index contributed by atoms with van der Waals surface area (Å²) in [5, 5.41) is 7.79. The van der Waals surface area contributed by atoms with Gasteiger partial charge in [-0.25, -0.2) is 0 Å². The second-order valence-electron chi connectivity index (χ2n) is 5.23. The van der Waals surface area contributed by atoms with Gasteiger partial charge in [0, 0.05) is 48.7 Å². The van der Waals surface area contributed by atoms with Gasteiger partial charge in [-0.1, -0.05) is 29.8 Å². The van der Waals surface area contributed by atoms with Gasteiger partial charge in [0.15, 0.2) is 5.96 Å². The van der Waals surface area contributed by atoms with E-state index in [2.05, 4.69) is 32.9 Å². The monoisotopic (exact) mass is 490 g/mol. The molecule has 0 bridgehead atoms. The highest BCUT2D eigenvalue weighted by atomic mass is 127. The lowest BCUT2D eigenvalue weighted by atomic mass is 10.1. The first-order valence-corrected chi connectivity index (χ1v) is 9.52. The van der Waals surface area contributed by atoms with Crippen molar-refractivity contribution in [1.29, 1.82) is 0 Å². The van der Waals surface area contributed by atoms with Crippen LogP contribution >= 0.6 is 47.3 Å². The average molecular weight is 491 g/mol. The van der Waals surface area contributed by atoms with E-state index in [1.807, 2.05) is 42.6 Å². The second kappa shape index (κ2) is 12.4. The molecule has 4 nitrogen and oxygen atoms in total. The van der Waals surface area contributed by atoms with Crippen molar-refractivity contribution >= 4 is 53.3 Å². The van der Waals surface area contributed by atoms with E-state index in [1.54, 1.807) is 18.8 Å². The molecule has 0 saturated carbocycles. The molecule has 25 heavy (non-hydrogen) atoms. The fourth-order valence-corrected chi connectivity index (χ4v) is 3.18. The zero-order valence-electron chi connectivity index (χ0n) is 14.4. The molecule has 2 N–H and O–H groups in total. The van der Waals surface area contributed by atoms with Crippen LogP contribution in [0.2, 0.25) is 5.02 Å². The lowest BCUT2D eigenvalue weighted by Gasteiger charge is -2.18. The normalized spacial score (nSPS) is 12.2. The van der Waals surface area contributed by atoms with E-state index in [4.69, 9.17) is 11.6 Å². The molecule has 0 saturated heterocycles. The first-order valence-electron chi connectivity index (χ1n) is 7.85. The minimum Gasteiger partial charge on any atom is -0.356 e. The van der Waals surface area contributed by atoms with Crippen molar-refractivity contribution in [3.05, 3.63) is 64.9 Å². The van der Waals surface area contributed by atoms with Crippen molar-refractivity contribution in [2.24, 2.45) is 4.99 Å². The maximum absolute atomic E-state index is 6.09. The number of nitrogens with zero attached hydrogens (tertiary/aromatic N) is 2. The number of guanidine groups is 1. The first-order chi connectivity index (χ1) is 11.7. The van der Waals surface area contributed by atoms with Crippen LogP contribution < -0.4 is 10.6 Å². The summed E-state index contributed by atoms with van der Waals surface area (Å²) in [6.07, 6.45) is 4.78. The van der Waals surface area contributed by atoms with Crippen molar-refractivity contribution < 1.29 is 0 Å². The average Bonchev–Trinajstić information content (AvgIpc) is 2.61. The molecular formula is C18H24ClIN4S. The summed E-state index contributed by atoms with van der Waals surface area (Å²) >= 11 is 7.88. The molecule has 1 heterocycles. The highest BCUT2D eigenvalue weighted by Crippen LogP contribution is 2.27. The third-order valence-corrected chi connectivity index (χ3v) is 4.83. The van der Waals surface area contributed by atoms with E-state index in [9.17, 15) is 0 Å². The maximum Gasteiger partial charge on any atom is 0.191 e. The predicted octanol–water partition coefficient (Wildman–Crippen LogP) is 4.16. The minimum atomic E-state index is 0. The van der Waals surface area contributed by atoms with Gasteiger partial charge in [0.05, 0.1) is 0 Å². The molecule has 1 atom stereocenters. The molecule has 0 amide bonds. The van der Waals surface area contributed by atoms with Crippen molar-refractivity contribution in [3.63, 3.8) is 0 Å². The van der Waals surface area contributed by atoms with Gasteiger partial charge in [0.2, 0.25) is 0 Å². The van der Waals surface area contributed by atoms with Crippen LogP contribution in [0.1, 0.15) is 16.5 Å². The minimum absolute atomic E-state index is 0. The zero-order chi connectivity index (χ0) is 17.2. The Kier molecular flexibility index (Phi) is 10.9. The third-order valence-electron chi connectivity index (χ3n) is 3.58. The van der Waals surface area contributed by atoms with E-state index in [-0.39, 0.29) is 24.0 Å². The van der Waals surface area contributed by atoms with Crippen LogP contribution in [-0.2, 0) is 6.42 Å². The molecule has 0 fully saturated rings. The van der Waals surface area contributed by atoms with Gasteiger partial charge in [-0.05, 0) is 36.1 Å². The number of benzene rings is 1. The Labute approximate surface area is 176 Å². The van der Waals surface area contributed by atoms with E-state index in [1.165, 1.54) is 5.56 Å². The molecule has 2 rings (SSSR count). The topological polar surface area (TPSA) is 49.3 Å².